The molecular weight excluding hydrogens is 274 g/mol. The van der Waals surface area contributed by atoms with Crippen LogP contribution in [-0.2, 0) is 0 Å². The number of terminal acetylenes is 1. The molecule has 0 bridgehead atoms. The van der Waals surface area contributed by atoms with Gasteiger partial charge in [0.05, 0.1) is 12.6 Å². The molecule has 0 unspecified atom stereocenters. The number of amides is 2. The summed E-state index contributed by atoms with van der Waals surface area (Å²) >= 11 is 0. The summed E-state index contributed by atoms with van der Waals surface area (Å²) < 4.78 is 0. The van der Waals surface area contributed by atoms with E-state index in [1.165, 1.54) is 0 Å². The summed E-state index contributed by atoms with van der Waals surface area (Å²) in [6.07, 6.45) is 8.70. The maximum Gasteiger partial charge on any atom is 0.318 e. The number of rotatable bonds is 4. The van der Waals surface area contributed by atoms with Crippen LogP contribution in [0, 0.1) is 12.3 Å². The SMILES string of the molecule is C#CCNC(=O)N(C)[C@@H](C)c1cccc(-c2ccncc2)c1. The van der Waals surface area contributed by atoms with E-state index in [0.717, 1.165) is 16.7 Å². The van der Waals surface area contributed by atoms with Gasteiger partial charge in [-0.1, -0.05) is 24.1 Å². The zero-order valence-electron chi connectivity index (χ0n) is 12.8. The fourth-order valence-electron chi connectivity index (χ4n) is 2.17. The topological polar surface area (TPSA) is 45.2 Å². The molecule has 112 valence electrons. The van der Waals surface area contributed by atoms with Crippen LogP contribution >= 0.6 is 0 Å². The number of benzene rings is 1. The third kappa shape index (κ3) is 3.64. The smallest absolute Gasteiger partial charge is 0.318 e. The number of pyridine rings is 1. The van der Waals surface area contributed by atoms with E-state index in [2.05, 4.69) is 22.3 Å². The van der Waals surface area contributed by atoms with Gasteiger partial charge in [-0.25, -0.2) is 4.79 Å². The van der Waals surface area contributed by atoms with Crippen LogP contribution in [0.4, 0.5) is 4.79 Å². The maximum atomic E-state index is 12.0. The summed E-state index contributed by atoms with van der Waals surface area (Å²) in [7, 11) is 1.76. The van der Waals surface area contributed by atoms with Crippen molar-refractivity contribution in [2.45, 2.75) is 13.0 Å². The van der Waals surface area contributed by atoms with Gasteiger partial charge in [0.2, 0.25) is 0 Å². The van der Waals surface area contributed by atoms with Gasteiger partial charge in [-0.3, -0.25) is 4.98 Å². The fraction of sp³-hybridized carbons (Fsp3) is 0.222. The van der Waals surface area contributed by atoms with Gasteiger partial charge in [0.25, 0.3) is 0 Å². The Hall–Kier alpha value is -2.80. The zero-order chi connectivity index (χ0) is 15.9. The molecule has 1 aromatic heterocycles. The molecule has 1 heterocycles. The Morgan fingerprint density at radius 1 is 1.32 bits per heavy atom. The second-order valence-corrected chi connectivity index (χ2v) is 5.01. The molecular formula is C18H19N3O. The first-order valence-electron chi connectivity index (χ1n) is 7.08. The molecule has 2 amide bonds. The highest BCUT2D eigenvalue weighted by atomic mass is 16.2. The summed E-state index contributed by atoms with van der Waals surface area (Å²) in [5.41, 5.74) is 3.26. The largest absolute Gasteiger partial charge is 0.327 e. The Balaban J connectivity index is 2.19. The van der Waals surface area contributed by atoms with Crippen LogP contribution in [0.2, 0.25) is 0 Å². The lowest BCUT2D eigenvalue weighted by Gasteiger charge is -2.25. The van der Waals surface area contributed by atoms with Gasteiger partial charge in [0, 0.05) is 19.4 Å². The van der Waals surface area contributed by atoms with Gasteiger partial charge >= 0.3 is 6.03 Å². The second kappa shape index (κ2) is 7.28. The molecule has 0 aliphatic heterocycles. The van der Waals surface area contributed by atoms with Crippen molar-refractivity contribution < 1.29 is 4.79 Å². The number of hydrogen-bond donors (Lipinski definition) is 1. The molecule has 1 atom stereocenters. The van der Waals surface area contributed by atoms with Crippen LogP contribution in [0.3, 0.4) is 0 Å². The highest BCUT2D eigenvalue weighted by Crippen LogP contribution is 2.25. The standard InChI is InChI=1S/C18H19N3O/c1-4-10-20-18(22)21(3)14(2)16-6-5-7-17(13-16)15-8-11-19-12-9-15/h1,5-9,11-14H,10H2,2-3H3,(H,20,22)/t14-/m0/s1. The van der Waals surface area contributed by atoms with Gasteiger partial charge in [-0.2, -0.15) is 0 Å². The molecule has 4 nitrogen and oxygen atoms in total. The third-order valence-corrected chi connectivity index (χ3v) is 3.63. The summed E-state index contributed by atoms with van der Waals surface area (Å²) in [5, 5.41) is 2.67. The molecule has 2 aromatic rings. The Morgan fingerprint density at radius 2 is 2.05 bits per heavy atom. The van der Waals surface area contributed by atoms with Crippen molar-refractivity contribution >= 4 is 6.03 Å². The first-order chi connectivity index (χ1) is 10.6. The maximum absolute atomic E-state index is 12.0. The Morgan fingerprint density at radius 3 is 2.73 bits per heavy atom. The average molecular weight is 293 g/mol. The summed E-state index contributed by atoms with van der Waals surface area (Å²) in [6.45, 7) is 2.22. The summed E-state index contributed by atoms with van der Waals surface area (Å²) in [4.78, 5) is 17.7. The molecule has 22 heavy (non-hydrogen) atoms. The summed E-state index contributed by atoms with van der Waals surface area (Å²) in [6, 6.07) is 11.8. The molecule has 2 rings (SSSR count). The number of carbonyl (C=O) groups excluding carboxylic acids is 1. The monoisotopic (exact) mass is 293 g/mol. The van der Waals surface area contributed by atoms with Gasteiger partial charge in [0.1, 0.15) is 0 Å². The summed E-state index contributed by atoms with van der Waals surface area (Å²) in [5.74, 6) is 2.40. The molecule has 0 spiro atoms. The lowest BCUT2D eigenvalue weighted by atomic mass is 10.0. The van der Waals surface area contributed by atoms with Crippen LogP contribution in [0.15, 0.2) is 48.8 Å². The molecule has 0 radical (unpaired) electrons. The lowest BCUT2D eigenvalue weighted by molar-refractivity contribution is 0.196. The van der Waals surface area contributed by atoms with Crippen LogP contribution in [0.1, 0.15) is 18.5 Å². The average Bonchev–Trinajstić information content (AvgIpc) is 2.59. The molecule has 0 saturated carbocycles. The normalized spacial score (nSPS) is 11.3. The van der Waals surface area contributed by atoms with Crippen LogP contribution in [-0.4, -0.2) is 29.5 Å². The quantitative estimate of drug-likeness (QED) is 0.880. The first kappa shape index (κ1) is 15.6. The zero-order valence-corrected chi connectivity index (χ0v) is 12.8. The lowest BCUT2D eigenvalue weighted by Crippen LogP contribution is -2.38. The van der Waals surface area contributed by atoms with E-state index in [4.69, 9.17) is 6.42 Å². The number of hydrogen-bond acceptors (Lipinski definition) is 2. The van der Waals surface area contributed by atoms with Gasteiger partial charge in [-0.15, -0.1) is 6.42 Å². The van der Waals surface area contributed by atoms with Crippen LogP contribution < -0.4 is 5.32 Å². The predicted molar refractivity (Wildman–Crippen MR) is 88.1 cm³/mol. The van der Waals surface area contributed by atoms with Gasteiger partial charge in [-0.05, 0) is 41.8 Å². The molecule has 1 N–H and O–H groups in total. The minimum Gasteiger partial charge on any atom is -0.327 e. The van der Waals surface area contributed by atoms with E-state index in [9.17, 15) is 4.79 Å². The fourth-order valence-corrected chi connectivity index (χ4v) is 2.17. The molecule has 0 saturated heterocycles. The van der Waals surface area contributed by atoms with E-state index >= 15 is 0 Å². The highest BCUT2D eigenvalue weighted by molar-refractivity contribution is 5.75. The van der Waals surface area contributed by atoms with Crippen molar-refractivity contribution in [2.24, 2.45) is 0 Å². The highest BCUT2D eigenvalue weighted by Gasteiger charge is 2.17. The van der Waals surface area contributed by atoms with Crippen molar-refractivity contribution in [3.05, 3.63) is 54.4 Å². The van der Waals surface area contributed by atoms with E-state index in [0.29, 0.717) is 0 Å². The molecule has 4 heteroatoms. The van der Waals surface area contributed by atoms with Gasteiger partial charge < -0.3 is 10.2 Å². The molecule has 0 fully saturated rings. The number of urea groups is 1. The van der Waals surface area contributed by atoms with Crippen molar-refractivity contribution in [1.29, 1.82) is 0 Å². The molecule has 0 aliphatic rings. The minimum absolute atomic E-state index is 0.0560. The van der Waals surface area contributed by atoms with Crippen LogP contribution in [0.25, 0.3) is 11.1 Å². The number of carbonyl (C=O) groups is 1. The number of aromatic nitrogens is 1. The number of nitrogens with zero attached hydrogens (tertiary/aromatic N) is 2. The van der Waals surface area contributed by atoms with Crippen LogP contribution in [0.5, 0.6) is 0 Å². The Labute approximate surface area is 131 Å². The number of nitrogens with one attached hydrogen (secondary N) is 1. The van der Waals surface area contributed by atoms with E-state index in [1.807, 2.05) is 37.3 Å². The van der Waals surface area contributed by atoms with E-state index < -0.39 is 0 Å². The van der Waals surface area contributed by atoms with Crippen molar-refractivity contribution in [2.75, 3.05) is 13.6 Å². The van der Waals surface area contributed by atoms with Crippen molar-refractivity contribution in [1.82, 2.24) is 15.2 Å². The van der Waals surface area contributed by atoms with Crippen molar-refractivity contribution in [3.8, 4) is 23.5 Å². The van der Waals surface area contributed by atoms with E-state index in [1.54, 1.807) is 24.3 Å². The minimum atomic E-state index is -0.181. The third-order valence-electron chi connectivity index (χ3n) is 3.63. The molecule has 1 aromatic carbocycles. The van der Waals surface area contributed by atoms with Gasteiger partial charge in [0.15, 0.2) is 0 Å². The first-order valence-corrected chi connectivity index (χ1v) is 7.08. The Kier molecular flexibility index (Phi) is 5.16. The second-order valence-electron chi connectivity index (χ2n) is 5.01. The van der Waals surface area contributed by atoms with Crippen molar-refractivity contribution in [3.63, 3.8) is 0 Å². The van der Waals surface area contributed by atoms with E-state index in [-0.39, 0.29) is 18.6 Å². The Bertz CT molecular complexity index is 676. The molecule has 0 aliphatic carbocycles. The predicted octanol–water partition coefficient (Wildman–Crippen LogP) is 3.08.